The van der Waals surface area contributed by atoms with E-state index in [1.807, 2.05) is 13.2 Å². The first-order valence-corrected chi connectivity index (χ1v) is 5.95. The van der Waals surface area contributed by atoms with Gasteiger partial charge < -0.3 is 10.6 Å². The number of hydrogen-bond acceptors (Lipinski definition) is 4. The third kappa shape index (κ3) is 2.82. The minimum absolute atomic E-state index is 0.643. The van der Waals surface area contributed by atoms with Crippen molar-refractivity contribution in [3.63, 3.8) is 0 Å². The maximum atomic E-state index is 4.03. The highest BCUT2D eigenvalue weighted by Gasteiger charge is 2.05. The second kappa shape index (κ2) is 5.86. The van der Waals surface area contributed by atoms with E-state index in [1.165, 1.54) is 0 Å². The van der Waals surface area contributed by atoms with E-state index in [4.69, 9.17) is 0 Å². The lowest BCUT2D eigenvalue weighted by molar-refractivity contribution is 0.804. The molecule has 5 heteroatoms. The molecule has 2 rings (SSSR count). The highest BCUT2D eigenvalue weighted by Crippen LogP contribution is 2.22. The van der Waals surface area contributed by atoms with Gasteiger partial charge in [-0.1, -0.05) is 12.7 Å². The molecule has 98 valence electrons. The van der Waals surface area contributed by atoms with Gasteiger partial charge in [-0.3, -0.25) is 5.10 Å². The third-order valence-electron chi connectivity index (χ3n) is 2.84. The summed E-state index contributed by atoms with van der Waals surface area (Å²) in [5, 5.41) is 14.5. The van der Waals surface area contributed by atoms with Gasteiger partial charge in [-0.25, -0.2) is 4.99 Å². The number of fused-ring (bicyclic) bond motifs is 1. The van der Waals surface area contributed by atoms with Crippen LogP contribution in [0.4, 0.5) is 5.69 Å². The van der Waals surface area contributed by atoms with Crippen molar-refractivity contribution in [3.8, 4) is 0 Å². The number of aliphatic imine (C=N–C) groups is 1. The molecule has 3 N–H and O–H groups in total. The fraction of sp³-hybridized carbons (Fsp3) is 0.143. The van der Waals surface area contributed by atoms with E-state index in [9.17, 15) is 0 Å². The summed E-state index contributed by atoms with van der Waals surface area (Å²) < 4.78 is 0. The Morgan fingerprint density at radius 1 is 1.53 bits per heavy atom. The average molecular weight is 255 g/mol. The summed E-state index contributed by atoms with van der Waals surface area (Å²) >= 11 is 0. The van der Waals surface area contributed by atoms with Crippen LogP contribution < -0.4 is 10.6 Å². The summed E-state index contributed by atoms with van der Waals surface area (Å²) in [6.45, 7) is 7.80. The topological polar surface area (TPSA) is 65.1 Å². The van der Waals surface area contributed by atoms with Gasteiger partial charge in [0.05, 0.1) is 11.7 Å². The molecule has 0 atom stereocenters. The number of aromatic amines is 1. The Bertz CT molecular complexity index is 624. The van der Waals surface area contributed by atoms with Gasteiger partial charge in [0.1, 0.15) is 5.82 Å². The summed E-state index contributed by atoms with van der Waals surface area (Å²) in [5.74, 6) is 0.696. The van der Waals surface area contributed by atoms with Crippen molar-refractivity contribution >= 4 is 23.3 Å². The molecule has 5 nitrogen and oxygen atoms in total. The van der Waals surface area contributed by atoms with E-state index in [1.54, 1.807) is 12.2 Å². The van der Waals surface area contributed by atoms with Crippen LogP contribution in [-0.4, -0.2) is 24.0 Å². The van der Waals surface area contributed by atoms with Crippen LogP contribution >= 0.6 is 0 Å². The number of rotatable bonds is 6. The molecule has 0 aliphatic carbocycles. The zero-order valence-electron chi connectivity index (χ0n) is 10.9. The van der Waals surface area contributed by atoms with Crippen molar-refractivity contribution in [1.29, 1.82) is 0 Å². The van der Waals surface area contributed by atoms with E-state index >= 15 is 0 Å². The summed E-state index contributed by atoms with van der Waals surface area (Å²) in [7, 11) is 1.90. The van der Waals surface area contributed by atoms with E-state index < -0.39 is 0 Å². The van der Waals surface area contributed by atoms with Crippen molar-refractivity contribution in [2.45, 2.75) is 6.54 Å². The highest BCUT2D eigenvalue weighted by atomic mass is 15.1. The fourth-order valence-electron chi connectivity index (χ4n) is 1.88. The Kier molecular flexibility index (Phi) is 3.97. The molecular formula is C14H17N5. The Balaban J connectivity index is 2.25. The molecule has 2 aromatic rings. The van der Waals surface area contributed by atoms with Gasteiger partial charge in [-0.15, -0.1) is 0 Å². The summed E-state index contributed by atoms with van der Waals surface area (Å²) in [6.07, 6.45) is 5.26. The van der Waals surface area contributed by atoms with E-state index in [0.717, 1.165) is 22.2 Å². The van der Waals surface area contributed by atoms with E-state index in [2.05, 4.69) is 51.3 Å². The predicted molar refractivity (Wildman–Crippen MR) is 80.3 cm³/mol. The number of hydrogen-bond donors (Lipinski definition) is 3. The monoisotopic (exact) mass is 255 g/mol. The van der Waals surface area contributed by atoms with Gasteiger partial charge in [0.2, 0.25) is 0 Å². The van der Waals surface area contributed by atoms with Gasteiger partial charge in [0, 0.05) is 24.7 Å². The van der Waals surface area contributed by atoms with Crippen molar-refractivity contribution < 1.29 is 0 Å². The first-order chi connectivity index (χ1) is 9.28. The Hall–Kier alpha value is -2.56. The lowest BCUT2D eigenvalue weighted by atomic mass is 10.1. The Morgan fingerprint density at radius 3 is 3.05 bits per heavy atom. The molecule has 19 heavy (non-hydrogen) atoms. The van der Waals surface area contributed by atoms with Gasteiger partial charge in [-0.05, 0) is 30.5 Å². The lowest BCUT2D eigenvalue weighted by Gasteiger charge is -2.11. The molecule has 1 heterocycles. The molecule has 0 amide bonds. The molecule has 1 aromatic carbocycles. The first-order valence-electron chi connectivity index (χ1n) is 5.95. The number of aromatic nitrogens is 2. The van der Waals surface area contributed by atoms with Gasteiger partial charge in [0.25, 0.3) is 0 Å². The minimum Gasteiger partial charge on any atom is -0.388 e. The van der Waals surface area contributed by atoms with Gasteiger partial charge >= 0.3 is 0 Å². The fourth-order valence-corrected chi connectivity index (χ4v) is 1.88. The second-order valence-corrected chi connectivity index (χ2v) is 4.02. The maximum Gasteiger partial charge on any atom is 0.125 e. The molecule has 1 aromatic heterocycles. The van der Waals surface area contributed by atoms with Crippen LogP contribution in [0.2, 0.25) is 0 Å². The zero-order chi connectivity index (χ0) is 13.7. The quantitative estimate of drug-likeness (QED) is 0.548. The van der Waals surface area contributed by atoms with Crippen LogP contribution in [0.25, 0.3) is 10.9 Å². The van der Waals surface area contributed by atoms with Crippen LogP contribution in [0.15, 0.2) is 47.9 Å². The minimum atomic E-state index is 0.643. The van der Waals surface area contributed by atoms with Crippen LogP contribution in [-0.2, 0) is 6.54 Å². The standard InChI is InChI=1S/C14H17N5/c1-4-5-14(16-3)17-8-10-7-13-11(9-18-19-13)6-12(10)15-2/h4-7,9,15,17H,1,3,8H2,2H3,(H,18,19)/b14-5+. The van der Waals surface area contributed by atoms with E-state index in [-0.39, 0.29) is 0 Å². The number of H-pyrrole nitrogens is 1. The SMILES string of the molecule is C=C/C=C(\N=C)NCc1cc2[nH]ncc2cc1NC. The second-order valence-electron chi connectivity index (χ2n) is 4.02. The number of nitrogens with one attached hydrogen (secondary N) is 3. The molecule has 0 bridgehead atoms. The Morgan fingerprint density at radius 2 is 2.37 bits per heavy atom. The number of allylic oxidation sites excluding steroid dienone is 2. The molecule has 0 saturated heterocycles. The summed E-state index contributed by atoms with van der Waals surface area (Å²) in [4.78, 5) is 3.89. The highest BCUT2D eigenvalue weighted by molar-refractivity contribution is 5.83. The zero-order valence-corrected chi connectivity index (χ0v) is 10.9. The molecule has 0 unspecified atom stereocenters. The number of anilines is 1. The molecule has 0 aliphatic rings. The normalized spacial score (nSPS) is 11.3. The predicted octanol–water partition coefficient (Wildman–Crippen LogP) is 2.42. The molecular weight excluding hydrogens is 238 g/mol. The largest absolute Gasteiger partial charge is 0.388 e. The van der Waals surface area contributed by atoms with Crippen LogP contribution in [0.1, 0.15) is 5.56 Å². The average Bonchev–Trinajstić information content (AvgIpc) is 2.89. The first kappa shape index (κ1) is 12.9. The maximum absolute atomic E-state index is 4.03. The van der Waals surface area contributed by atoms with E-state index in [0.29, 0.717) is 12.4 Å². The summed E-state index contributed by atoms with van der Waals surface area (Å²) in [5.41, 5.74) is 3.19. The molecule has 0 saturated carbocycles. The van der Waals surface area contributed by atoms with Crippen molar-refractivity contribution in [2.24, 2.45) is 4.99 Å². The van der Waals surface area contributed by atoms with Gasteiger partial charge in [-0.2, -0.15) is 5.10 Å². The van der Waals surface area contributed by atoms with Crippen molar-refractivity contribution in [1.82, 2.24) is 15.5 Å². The summed E-state index contributed by atoms with van der Waals surface area (Å²) in [6, 6.07) is 4.13. The van der Waals surface area contributed by atoms with Crippen LogP contribution in [0.3, 0.4) is 0 Å². The number of benzene rings is 1. The van der Waals surface area contributed by atoms with Crippen molar-refractivity contribution in [3.05, 3.63) is 48.4 Å². The molecule has 0 spiro atoms. The van der Waals surface area contributed by atoms with Crippen LogP contribution in [0.5, 0.6) is 0 Å². The molecule has 0 radical (unpaired) electrons. The molecule has 0 fully saturated rings. The van der Waals surface area contributed by atoms with Crippen molar-refractivity contribution in [2.75, 3.05) is 12.4 Å². The Labute approximate surface area is 112 Å². The number of nitrogens with zero attached hydrogens (tertiary/aromatic N) is 2. The third-order valence-corrected chi connectivity index (χ3v) is 2.84. The smallest absolute Gasteiger partial charge is 0.125 e. The van der Waals surface area contributed by atoms with Crippen LogP contribution in [0, 0.1) is 0 Å². The molecule has 0 aliphatic heterocycles. The van der Waals surface area contributed by atoms with Gasteiger partial charge in [0.15, 0.2) is 0 Å². The lowest BCUT2D eigenvalue weighted by Crippen LogP contribution is -2.12.